The van der Waals surface area contributed by atoms with E-state index in [4.69, 9.17) is 9.84 Å². The van der Waals surface area contributed by atoms with Crippen molar-refractivity contribution < 1.29 is 14.6 Å². The van der Waals surface area contributed by atoms with E-state index in [-0.39, 0.29) is 24.2 Å². The molecule has 1 aromatic heterocycles. The lowest BCUT2D eigenvalue weighted by Crippen LogP contribution is -2.37. The van der Waals surface area contributed by atoms with E-state index in [9.17, 15) is 4.79 Å². The number of benzene rings is 1. The summed E-state index contributed by atoms with van der Waals surface area (Å²) in [6.45, 7) is 1.81. The van der Waals surface area contributed by atoms with Crippen LogP contribution >= 0.6 is 0 Å². The standard InChI is InChI=1S/C15H18N2O3/c1-3-11(9-18)16-14(19)13-8-10-6-4-5-7-12(10)15(17-13)20-2/h4-8,11,18H,3,9H2,1-2H3,(H,16,19). The van der Waals surface area contributed by atoms with Gasteiger partial charge in [-0.1, -0.05) is 25.1 Å². The maximum absolute atomic E-state index is 12.1. The topological polar surface area (TPSA) is 71.5 Å². The van der Waals surface area contributed by atoms with Gasteiger partial charge in [0.05, 0.1) is 19.8 Å². The third kappa shape index (κ3) is 2.88. The molecule has 0 bridgehead atoms. The number of hydrogen-bond acceptors (Lipinski definition) is 4. The Balaban J connectivity index is 2.37. The van der Waals surface area contributed by atoms with Crippen molar-refractivity contribution in [3.8, 4) is 5.88 Å². The highest BCUT2D eigenvalue weighted by Crippen LogP contribution is 2.24. The smallest absolute Gasteiger partial charge is 0.270 e. The highest BCUT2D eigenvalue weighted by Gasteiger charge is 2.15. The van der Waals surface area contributed by atoms with Gasteiger partial charge in [-0.3, -0.25) is 4.79 Å². The summed E-state index contributed by atoms with van der Waals surface area (Å²) < 4.78 is 5.24. The summed E-state index contributed by atoms with van der Waals surface area (Å²) in [6.07, 6.45) is 0.660. The zero-order valence-electron chi connectivity index (χ0n) is 11.6. The van der Waals surface area contributed by atoms with E-state index in [1.54, 1.807) is 6.07 Å². The summed E-state index contributed by atoms with van der Waals surface area (Å²) in [5.41, 5.74) is 0.285. The molecule has 0 saturated carbocycles. The van der Waals surface area contributed by atoms with E-state index < -0.39 is 0 Å². The molecule has 2 N–H and O–H groups in total. The Morgan fingerprint density at radius 2 is 2.20 bits per heavy atom. The molecule has 0 aliphatic heterocycles. The Morgan fingerprint density at radius 3 is 2.85 bits per heavy atom. The average molecular weight is 274 g/mol. The SMILES string of the molecule is CCC(CO)NC(=O)c1cc2ccccc2c(OC)n1. The molecular formula is C15H18N2O3. The molecule has 20 heavy (non-hydrogen) atoms. The molecule has 2 aromatic rings. The van der Waals surface area contributed by atoms with Crippen molar-refractivity contribution in [2.24, 2.45) is 0 Å². The van der Waals surface area contributed by atoms with Gasteiger partial charge in [-0.05, 0) is 23.9 Å². The summed E-state index contributed by atoms with van der Waals surface area (Å²) in [5.74, 6) is 0.111. The number of hydrogen-bond donors (Lipinski definition) is 2. The molecule has 0 saturated heterocycles. The van der Waals surface area contributed by atoms with Crippen LogP contribution in [0.4, 0.5) is 0 Å². The Labute approximate surface area is 117 Å². The number of aliphatic hydroxyl groups excluding tert-OH is 1. The Morgan fingerprint density at radius 1 is 1.45 bits per heavy atom. The maximum Gasteiger partial charge on any atom is 0.270 e. The summed E-state index contributed by atoms with van der Waals surface area (Å²) >= 11 is 0. The lowest BCUT2D eigenvalue weighted by atomic mass is 10.1. The first kappa shape index (κ1) is 14.3. The Hall–Kier alpha value is -2.14. The molecule has 0 aliphatic rings. The Kier molecular flexibility index (Phi) is 4.53. The number of nitrogens with zero attached hydrogens (tertiary/aromatic N) is 1. The van der Waals surface area contributed by atoms with Crippen LogP contribution < -0.4 is 10.1 Å². The number of ether oxygens (including phenoxy) is 1. The predicted octanol–water partition coefficient (Wildman–Crippen LogP) is 1.74. The van der Waals surface area contributed by atoms with Gasteiger partial charge >= 0.3 is 0 Å². The van der Waals surface area contributed by atoms with Crippen molar-refractivity contribution in [3.05, 3.63) is 36.0 Å². The van der Waals surface area contributed by atoms with Gasteiger partial charge in [0.15, 0.2) is 0 Å². The number of aromatic nitrogens is 1. The number of methoxy groups -OCH3 is 1. The van der Waals surface area contributed by atoms with Crippen LogP contribution in [-0.4, -0.2) is 35.8 Å². The van der Waals surface area contributed by atoms with Gasteiger partial charge < -0.3 is 15.2 Å². The first-order chi connectivity index (χ1) is 9.69. The normalized spacial score (nSPS) is 12.2. The summed E-state index contributed by atoms with van der Waals surface area (Å²) in [5, 5.41) is 13.6. The van der Waals surface area contributed by atoms with E-state index in [1.807, 2.05) is 31.2 Å². The highest BCUT2D eigenvalue weighted by atomic mass is 16.5. The van der Waals surface area contributed by atoms with Crippen LogP contribution in [0.3, 0.4) is 0 Å². The second-order valence-electron chi connectivity index (χ2n) is 4.50. The monoisotopic (exact) mass is 274 g/mol. The molecule has 0 fully saturated rings. The lowest BCUT2D eigenvalue weighted by molar-refractivity contribution is 0.0909. The Bertz CT molecular complexity index is 609. The van der Waals surface area contributed by atoms with Crippen molar-refractivity contribution >= 4 is 16.7 Å². The lowest BCUT2D eigenvalue weighted by Gasteiger charge is -2.14. The van der Waals surface area contributed by atoms with Crippen LogP contribution in [-0.2, 0) is 0 Å². The molecule has 1 atom stereocenters. The third-order valence-corrected chi connectivity index (χ3v) is 3.18. The second kappa shape index (κ2) is 6.34. The number of aliphatic hydroxyl groups is 1. The molecule has 0 spiro atoms. The number of rotatable bonds is 5. The van der Waals surface area contributed by atoms with E-state index in [1.165, 1.54) is 7.11 Å². The van der Waals surface area contributed by atoms with Gasteiger partial charge in [-0.25, -0.2) is 4.98 Å². The quantitative estimate of drug-likeness (QED) is 0.871. The van der Waals surface area contributed by atoms with Crippen molar-refractivity contribution in [2.75, 3.05) is 13.7 Å². The highest BCUT2D eigenvalue weighted by molar-refractivity contribution is 5.98. The van der Waals surface area contributed by atoms with E-state index in [2.05, 4.69) is 10.3 Å². The minimum atomic E-state index is -0.310. The molecule has 1 aromatic carbocycles. The molecule has 2 rings (SSSR count). The molecule has 5 heteroatoms. The minimum absolute atomic E-state index is 0.0903. The third-order valence-electron chi connectivity index (χ3n) is 3.18. The number of carbonyl (C=O) groups excluding carboxylic acids is 1. The van der Waals surface area contributed by atoms with Gasteiger partial charge in [-0.2, -0.15) is 0 Å². The fraction of sp³-hybridized carbons (Fsp3) is 0.333. The van der Waals surface area contributed by atoms with E-state index in [0.717, 1.165) is 10.8 Å². The average Bonchev–Trinajstić information content (AvgIpc) is 2.51. The van der Waals surface area contributed by atoms with Gasteiger partial charge in [0.25, 0.3) is 5.91 Å². The van der Waals surface area contributed by atoms with Crippen LogP contribution in [0, 0.1) is 0 Å². The zero-order chi connectivity index (χ0) is 14.5. The maximum atomic E-state index is 12.1. The van der Waals surface area contributed by atoms with Gasteiger partial charge in [-0.15, -0.1) is 0 Å². The van der Waals surface area contributed by atoms with Crippen LogP contribution in [0.25, 0.3) is 10.8 Å². The van der Waals surface area contributed by atoms with Crippen LogP contribution in [0.15, 0.2) is 30.3 Å². The molecular weight excluding hydrogens is 256 g/mol. The predicted molar refractivity (Wildman–Crippen MR) is 76.9 cm³/mol. The molecule has 1 amide bonds. The number of carbonyl (C=O) groups is 1. The molecule has 0 radical (unpaired) electrons. The first-order valence-electron chi connectivity index (χ1n) is 6.55. The number of nitrogens with one attached hydrogen (secondary N) is 1. The van der Waals surface area contributed by atoms with Gasteiger partial charge in [0.2, 0.25) is 5.88 Å². The van der Waals surface area contributed by atoms with Crippen LogP contribution in [0.2, 0.25) is 0 Å². The van der Waals surface area contributed by atoms with Gasteiger partial charge in [0.1, 0.15) is 5.69 Å². The van der Waals surface area contributed by atoms with Gasteiger partial charge in [0, 0.05) is 5.39 Å². The van der Waals surface area contributed by atoms with Crippen LogP contribution in [0.5, 0.6) is 5.88 Å². The summed E-state index contributed by atoms with van der Waals surface area (Å²) in [4.78, 5) is 16.4. The molecule has 106 valence electrons. The molecule has 1 unspecified atom stereocenters. The fourth-order valence-electron chi connectivity index (χ4n) is 1.97. The van der Waals surface area contributed by atoms with Crippen LogP contribution in [0.1, 0.15) is 23.8 Å². The van der Waals surface area contributed by atoms with E-state index in [0.29, 0.717) is 12.3 Å². The largest absolute Gasteiger partial charge is 0.481 e. The summed E-state index contributed by atoms with van der Waals surface area (Å²) in [7, 11) is 1.53. The van der Waals surface area contributed by atoms with Crippen molar-refractivity contribution in [1.82, 2.24) is 10.3 Å². The number of amides is 1. The fourth-order valence-corrected chi connectivity index (χ4v) is 1.97. The second-order valence-corrected chi connectivity index (χ2v) is 4.50. The number of fused-ring (bicyclic) bond motifs is 1. The molecule has 5 nitrogen and oxygen atoms in total. The number of pyridine rings is 1. The first-order valence-corrected chi connectivity index (χ1v) is 6.55. The molecule has 0 aliphatic carbocycles. The van der Waals surface area contributed by atoms with Crippen molar-refractivity contribution in [1.29, 1.82) is 0 Å². The molecule has 1 heterocycles. The van der Waals surface area contributed by atoms with Crippen molar-refractivity contribution in [3.63, 3.8) is 0 Å². The van der Waals surface area contributed by atoms with Crippen molar-refractivity contribution in [2.45, 2.75) is 19.4 Å². The summed E-state index contributed by atoms with van der Waals surface area (Å²) in [6, 6.07) is 9.04. The zero-order valence-corrected chi connectivity index (χ0v) is 11.6. The van der Waals surface area contributed by atoms with E-state index >= 15 is 0 Å². The minimum Gasteiger partial charge on any atom is -0.481 e.